The molecule has 6 heteroatoms. The predicted molar refractivity (Wildman–Crippen MR) is 75.2 cm³/mol. The molecule has 2 rings (SSSR count). The van der Waals surface area contributed by atoms with Crippen molar-refractivity contribution >= 4 is 40.5 Å². The molecule has 0 fully saturated rings. The molecule has 2 aromatic rings. The predicted octanol–water partition coefficient (Wildman–Crippen LogP) is 5.54. The molecule has 0 unspecified atom stereocenters. The number of hydrogen-bond acceptors (Lipinski definition) is 1. The third-order valence-electron chi connectivity index (χ3n) is 2.48. The molecular weight excluding hydrogens is 315 g/mol. The highest BCUT2D eigenvalue weighted by molar-refractivity contribution is 6.41. The van der Waals surface area contributed by atoms with Gasteiger partial charge in [0.15, 0.2) is 0 Å². The Morgan fingerprint density at radius 3 is 2.16 bits per heavy atom. The summed E-state index contributed by atoms with van der Waals surface area (Å²) < 4.78 is 26.2. The molecule has 1 N–H and O–H groups in total. The van der Waals surface area contributed by atoms with Crippen molar-refractivity contribution in [3.63, 3.8) is 0 Å². The molecule has 0 aliphatic carbocycles. The van der Waals surface area contributed by atoms with Gasteiger partial charge in [-0.25, -0.2) is 8.78 Å². The van der Waals surface area contributed by atoms with Crippen molar-refractivity contribution in [1.29, 1.82) is 0 Å². The van der Waals surface area contributed by atoms with Gasteiger partial charge in [0.05, 0.1) is 15.7 Å². The highest BCUT2D eigenvalue weighted by Crippen LogP contribution is 2.34. The number of rotatable bonds is 3. The van der Waals surface area contributed by atoms with E-state index in [1.54, 1.807) is 0 Å². The van der Waals surface area contributed by atoms with Gasteiger partial charge in [-0.2, -0.15) is 0 Å². The van der Waals surface area contributed by atoms with Gasteiger partial charge in [0.2, 0.25) is 0 Å². The summed E-state index contributed by atoms with van der Waals surface area (Å²) in [5.41, 5.74) is 0.764. The Hall–Kier alpha value is -1.03. The van der Waals surface area contributed by atoms with E-state index < -0.39 is 11.6 Å². The molecule has 0 aliphatic rings. The number of nitrogens with one attached hydrogen (secondary N) is 1. The summed E-state index contributed by atoms with van der Waals surface area (Å²) in [6.07, 6.45) is 0. The Balaban J connectivity index is 2.19. The minimum absolute atomic E-state index is 0.132. The monoisotopic (exact) mass is 321 g/mol. The van der Waals surface area contributed by atoms with E-state index in [0.29, 0.717) is 26.3 Å². The fraction of sp³-hybridized carbons (Fsp3) is 0.0769. The first-order valence-corrected chi connectivity index (χ1v) is 6.43. The summed E-state index contributed by atoms with van der Waals surface area (Å²) in [7, 11) is 0. The van der Waals surface area contributed by atoms with E-state index in [0.717, 1.165) is 6.07 Å². The summed E-state index contributed by atoms with van der Waals surface area (Å²) in [6.45, 7) is 0.132. The van der Waals surface area contributed by atoms with Crippen LogP contribution in [0.2, 0.25) is 15.1 Å². The van der Waals surface area contributed by atoms with Crippen LogP contribution in [0.25, 0.3) is 0 Å². The second-order valence-electron chi connectivity index (χ2n) is 3.83. The largest absolute Gasteiger partial charge is 0.378 e. The van der Waals surface area contributed by atoms with Crippen LogP contribution in [0.5, 0.6) is 0 Å². The second-order valence-corrected chi connectivity index (χ2v) is 5.08. The first kappa shape index (κ1) is 14.4. The zero-order chi connectivity index (χ0) is 14.0. The lowest BCUT2D eigenvalue weighted by atomic mass is 10.2. The molecule has 0 radical (unpaired) electrons. The van der Waals surface area contributed by atoms with Gasteiger partial charge in [-0.15, -0.1) is 0 Å². The maximum absolute atomic E-state index is 13.5. The Morgan fingerprint density at radius 2 is 1.58 bits per heavy atom. The molecule has 0 saturated carbocycles. The molecule has 0 atom stereocenters. The molecule has 0 aliphatic heterocycles. The number of hydrogen-bond donors (Lipinski definition) is 1. The summed E-state index contributed by atoms with van der Waals surface area (Å²) in [6, 6.07) is 6.42. The van der Waals surface area contributed by atoms with Gasteiger partial charge < -0.3 is 5.32 Å². The van der Waals surface area contributed by atoms with Crippen molar-refractivity contribution in [3.8, 4) is 0 Å². The maximum Gasteiger partial charge on any atom is 0.131 e. The van der Waals surface area contributed by atoms with Crippen molar-refractivity contribution in [2.75, 3.05) is 5.32 Å². The smallest absolute Gasteiger partial charge is 0.131 e. The van der Waals surface area contributed by atoms with Crippen LogP contribution in [0.3, 0.4) is 0 Å². The summed E-state index contributed by atoms with van der Waals surface area (Å²) in [5.74, 6) is -1.25. The van der Waals surface area contributed by atoms with Crippen LogP contribution in [-0.4, -0.2) is 0 Å². The minimum Gasteiger partial charge on any atom is -0.378 e. The zero-order valence-electron chi connectivity index (χ0n) is 9.48. The topological polar surface area (TPSA) is 12.0 Å². The Morgan fingerprint density at radius 1 is 0.947 bits per heavy atom. The lowest BCUT2D eigenvalue weighted by Crippen LogP contribution is -2.03. The molecule has 19 heavy (non-hydrogen) atoms. The lowest BCUT2D eigenvalue weighted by molar-refractivity contribution is 0.574. The van der Waals surface area contributed by atoms with Crippen molar-refractivity contribution < 1.29 is 8.78 Å². The van der Waals surface area contributed by atoms with Crippen LogP contribution in [-0.2, 0) is 6.54 Å². The molecular formula is C13H8Cl3F2N. The first-order chi connectivity index (χ1) is 8.97. The molecule has 0 amide bonds. The molecule has 0 spiro atoms. The van der Waals surface area contributed by atoms with Gasteiger partial charge in [0, 0.05) is 23.2 Å². The zero-order valence-corrected chi connectivity index (χ0v) is 11.8. The second kappa shape index (κ2) is 5.95. The van der Waals surface area contributed by atoms with E-state index in [4.69, 9.17) is 34.8 Å². The van der Waals surface area contributed by atoms with Crippen LogP contribution in [0.4, 0.5) is 14.5 Å². The normalized spacial score (nSPS) is 10.6. The standard InChI is InChI=1S/C13H8Cl3F2N/c14-8-3-10(15)13(11(16)4-8)19-6-7-1-2-9(17)5-12(7)18/h1-5,19H,6H2. The lowest BCUT2D eigenvalue weighted by Gasteiger charge is -2.11. The van der Waals surface area contributed by atoms with Crippen molar-refractivity contribution in [2.24, 2.45) is 0 Å². The van der Waals surface area contributed by atoms with E-state index in [-0.39, 0.29) is 6.54 Å². The number of halogens is 5. The highest BCUT2D eigenvalue weighted by Gasteiger charge is 2.09. The van der Waals surface area contributed by atoms with E-state index >= 15 is 0 Å². The SMILES string of the molecule is Fc1ccc(CNc2c(Cl)cc(Cl)cc2Cl)c(F)c1. The van der Waals surface area contributed by atoms with Crippen molar-refractivity contribution in [3.05, 3.63) is 62.6 Å². The van der Waals surface area contributed by atoms with Gasteiger partial charge in [-0.1, -0.05) is 40.9 Å². The van der Waals surface area contributed by atoms with Crippen LogP contribution in [0.1, 0.15) is 5.56 Å². The van der Waals surface area contributed by atoms with E-state index in [1.807, 2.05) is 0 Å². The van der Waals surface area contributed by atoms with Crippen molar-refractivity contribution in [2.45, 2.75) is 6.54 Å². The van der Waals surface area contributed by atoms with E-state index in [9.17, 15) is 8.78 Å². The van der Waals surface area contributed by atoms with Gasteiger partial charge in [0.1, 0.15) is 11.6 Å². The van der Waals surface area contributed by atoms with E-state index in [2.05, 4.69) is 5.32 Å². The number of anilines is 1. The Labute approximate surface area is 124 Å². The van der Waals surface area contributed by atoms with Crippen molar-refractivity contribution in [1.82, 2.24) is 0 Å². The molecule has 1 nitrogen and oxygen atoms in total. The van der Waals surface area contributed by atoms with Crippen LogP contribution in [0, 0.1) is 11.6 Å². The number of benzene rings is 2. The Kier molecular flexibility index (Phi) is 4.50. The fourth-order valence-corrected chi connectivity index (χ4v) is 2.51. The van der Waals surface area contributed by atoms with Crippen LogP contribution < -0.4 is 5.32 Å². The third-order valence-corrected chi connectivity index (χ3v) is 3.29. The highest BCUT2D eigenvalue weighted by atomic mass is 35.5. The summed E-state index contributed by atoms with van der Waals surface area (Å²) in [5, 5.41) is 3.98. The molecule has 0 saturated heterocycles. The maximum atomic E-state index is 13.5. The summed E-state index contributed by atoms with van der Waals surface area (Å²) in [4.78, 5) is 0. The van der Waals surface area contributed by atoms with Gasteiger partial charge in [-0.05, 0) is 18.2 Å². The average molecular weight is 323 g/mol. The molecule has 100 valence electrons. The van der Waals surface area contributed by atoms with E-state index in [1.165, 1.54) is 24.3 Å². The van der Waals surface area contributed by atoms with Crippen LogP contribution >= 0.6 is 34.8 Å². The summed E-state index contributed by atoms with van der Waals surface area (Å²) >= 11 is 17.7. The molecule has 2 aromatic carbocycles. The first-order valence-electron chi connectivity index (χ1n) is 5.29. The van der Waals surface area contributed by atoms with Gasteiger partial charge in [0.25, 0.3) is 0 Å². The van der Waals surface area contributed by atoms with Gasteiger partial charge >= 0.3 is 0 Å². The third kappa shape index (κ3) is 3.50. The van der Waals surface area contributed by atoms with Gasteiger partial charge in [-0.3, -0.25) is 0 Å². The molecule has 0 bridgehead atoms. The fourth-order valence-electron chi connectivity index (χ4n) is 1.56. The quantitative estimate of drug-likeness (QED) is 0.782. The Bertz CT molecular complexity index is 594. The van der Waals surface area contributed by atoms with Crippen LogP contribution in [0.15, 0.2) is 30.3 Å². The average Bonchev–Trinajstić information content (AvgIpc) is 2.30. The molecule has 0 aromatic heterocycles. The molecule has 0 heterocycles. The minimum atomic E-state index is -0.631.